The summed E-state index contributed by atoms with van der Waals surface area (Å²) < 4.78 is 0. The highest BCUT2D eigenvalue weighted by Crippen LogP contribution is 2.27. The van der Waals surface area contributed by atoms with Crippen LogP contribution in [0.2, 0.25) is 0 Å². The van der Waals surface area contributed by atoms with Crippen molar-refractivity contribution in [3.8, 4) is 0 Å². The van der Waals surface area contributed by atoms with Gasteiger partial charge < -0.3 is 0 Å². The Kier molecular flexibility index (Phi) is 2.47. The first-order valence-electron chi connectivity index (χ1n) is 4.24. The van der Waals surface area contributed by atoms with E-state index in [1.165, 1.54) is 12.8 Å². The van der Waals surface area contributed by atoms with Crippen LogP contribution in [0.25, 0.3) is 0 Å². The number of carbonyl (C=O) groups is 1. The number of hydrogen-bond donors (Lipinski definition) is 0. The zero-order valence-electron chi connectivity index (χ0n) is 6.89. The summed E-state index contributed by atoms with van der Waals surface area (Å²) in [6, 6.07) is 0. The lowest BCUT2D eigenvalue weighted by Crippen LogP contribution is -2.20. The second-order valence-corrected chi connectivity index (χ2v) is 3.56. The van der Waals surface area contributed by atoms with E-state index >= 15 is 0 Å². The third-order valence-electron chi connectivity index (χ3n) is 2.41. The number of rotatable bonds is 1. The molecule has 0 aromatic rings. The molecule has 0 heterocycles. The van der Waals surface area contributed by atoms with Crippen molar-refractivity contribution in [1.29, 1.82) is 0 Å². The second kappa shape index (κ2) is 3.18. The molecule has 2 unspecified atom stereocenters. The van der Waals surface area contributed by atoms with Crippen LogP contribution < -0.4 is 0 Å². The molecule has 1 aliphatic rings. The van der Waals surface area contributed by atoms with Gasteiger partial charge >= 0.3 is 0 Å². The Labute approximate surface area is 62.8 Å². The molecule has 0 bridgehead atoms. The van der Waals surface area contributed by atoms with Gasteiger partial charge in [0.05, 0.1) is 0 Å². The minimum Gasteiger partial charge on any atom is -0.300 e. The molecule has 1 rings (SSSR count). The Morgan fingerprint density at radius 1 is 1.50 bits per heavy atom. The summed E-state index contributed by atoms with van der Waals surface area (Å²) in [5.74, 6) is 1.81. The van der Waals surface area contributed by atoms with Gasteiger partial charge in [-0.15, -0.1) is 0 Å². The van der Waals surface area contributed by atoms with Gasteiger partial charge in [0.1, 0.15) is 5.78 Å². The Bertz CT molecular complexity index is 129. The molecule has 0 radical (unpaired) electrons. The molecule has 1 aliphatic carbocycles. The number of hydrogen-bond acceptors (Lipinski definition) is 1. The lowest BCUT2D eigenvalue weighted by atomic mass is 9.80. The predicted octanol–water partition coefficient (Wildman–Crippen LogP) is 2.40. The van der Waals surface area contributed by atoms with E-state index in [0.717, 1.165) is 12.8 Å². The molecule has 1 fully saturated rings. The fourth-order valence-corrected chi connectivity index (χ4v) is 1.84. The SMILES string of the molecule is CCC1CC(=O)CC(C)C1. The Hall–Kier alpha value is -0.330. The van der Waals surface area contributed by atoms with Gasteiger partial charge in [-0.1, -0.05) is 20.3 Å². The van der Waals surface area contributed by atoms with Crippen LogP contribution in [0.5, 0.6) is 0 Å². The third-order valence-corrected chi connectivity index (χ3v) is 2.41. The van der Waals surface area contributed by atoms with Crippen molar-refractivity contribution in [3.63, 3.8) is 0 Å². The molecule has 1 heteroatoms. The summed E-state index contributed by atoms with van der Waals surface area (Å²) in [5, 5.41) is 0. The van der Waals surface area contributed by atoms with Crippen molar-refractivity contribution in [2.24, 2.45) is 11.8 Å². The Morgan fingerprint density at radius 3 is 2.70 bits per heavy atom. The fraction of sp³-hybridized carbons (Fsp3) is 0.889. The molecule has 0 N–H and O–H groups in total. The van der Waals surface area contributed by atoms with Gasteiger partial charge in [0.25, 0.3) is 0 Å². The maximum atomic E-state index is 11.0. The lowest BCUT2D eigenvalue weighted by Gasteiger charge is -2.24. The molecule has 10 heavy (non-hydrogen) atoms. The molecule has 0 aliphatic heterocycles. The molecule has 2 atom stereocenters. The molecular formula is C9H16O. The highest BCUT2D eigenvalue weighted by molar-refractivity contribution is 5.79. The summed E-state index contributed by atoms with van der Waals surface area (Å²) in [7, 11) is 0. The fourth-order valence-electron chi connectivity index (χ4n) is 1.84. The van der Waals surface area contributed by atoms with Crippen LogP contribution in [0.4, 0.5) is 0 Å². The summed E-state index contributed by atoms with van der Waals surface area (Å²) >= 11 is 0. The minimum atomic E-state index is 0.477. The first kappa shape index (κ1) is 7.77. The maximum Gasteiger partial charge on any atom is 0.133 e. The molecule has 0 spiro atoms. The van der Waals surface area contributed by atoms with Gasteiger partial charge in [0.2, 0.25) is 0 Å². The monoisotopic (exact) mass is 140 g/mol. The van der Waals surface area contributed by atoms with Gasteiger partial charge in [0.15, 0.2) is 0 Å². The quantitative estimate of drug-likeness (QED) is 0.546. The predicted molar refractivity (Wildman–Crippen MR) is 41.8 cm³/mol. The molecule has 1 nitrogen and oxygen atoms in total. The summed E-state index contributed by atoms with van der Waals surface area (Å²) in [5.41, 5.74) is 0. The van der Waals surface area contributed by atoms with Crippen molar-refractivity contribution < 1.29 is 4.79 Å². The number of ketones is 1. The van der Waals surface area contributed by atoms with Crippen LogP contribution in [0.3, 0.4) is 0 Å². The molecule has 0 amide bonds. The Balaban J connectivity index is 2.42. The van der Waals surface area contributed by atoms with Gasteiger partial charge in [0, 0.05) is 12.8 Å². The smallest absolute Gasteiger partial charge is 0.133 e. The van der Waals surface area contributed by atoms with Crippen LogP contribution in [0.1, 0.15) is 39.5 Å². The summed E-state index contributed by atoms with van der Waals surface area (Å²) in [6.07, 6.45) is 4.12. The van der Waals surface area contributed by atoms with Crippen LogP contribution >= 0.6 is 0 Å². The molecule has 0 aromatic heterocycles. The molecule has 1 saturated carbocycles. The van der Waals surface area contributed by atoms with Crippen molar-refractivity contribution in [2.45, 2.75) is 39.5 Å². The van der Waals surface area contributed by atoms with E-state index in [0.29, 0.717) is 17.6 Å². The topological polar surface area (TPSA) is 17.1 Å². The number of Topliss-reactive ketones (excluding diaryl/α,β-unsaturated/α-hetero) is 1. The van der Waals surface area contributed by atoms with Gasteiger partial charge in [-0.3, -0.25) is 4.79 Å². The highest BCUT2D eigenvalue weighted by atomic mass is 16.1. The molecule has 58 valence electrons. The van der Waals surface area contributed by atoms with Gasteiger partial charge in [-0.05, 0) is 18.3 Å². The van der Waals surface area contributed by atoms with Crippen LogP contribution in [-0.4, -0.2) is 5.78 Å². The summed E-state index contributed by atoms with van der Waals surface area (Å²) in [4.78, 5) is 11.0. The molecule has 0 aromatic carbocycles. The Morgan fingerprint density at radius 2 is 2.20 bits per heavy atom. The van der Waals surface area contributed by atoms with Crippen LogP contribution in [-0.2, 0) is 4.79 Å². The van der Waals surface area contributed by atoms with E-state index < -0.39 is 0 Å². The largest absolute Gasteiger partial charge is 0.300 e. The van der Waals surface area contributed by atoms with E-state index in [4.69, 9.17) is 0 Å². The normalized spacial score (nSPS) is 34.4. The first-order valence-corrected chi connectivity index (χ1v) is 4.24. The van der Waals surface area contributed by atoms with Gasteiger partial charge in [-0.2, -0.15) is 0 Å². The van der Waals surface area contributed by atoms with E-state index in [1.54, 1.807) is 0 Å². The van der Waals surface area contributed by atoms with Crippen LogP contribution in [0.15, 0.2) is 0 Å². The molecular weight excluding hydrogens is 124 g/mol. The first-order chi connectivity index (χ1) is 4.72. The standard InChI is InChI=1S/C9H16O/c1-3-8-4-7(2)5-9(10)6-8/h7-8H,3-6H2,1-2H3. The second-order valence-electron chi connectivity index (χ2n) is 3.56. The van der Waals surface area contributed by atoms with E-state index in [-0.39, 0.29) is 0 Å². The van der Waals surface area contributed by atoms with E-state index in [9.17, 15) is 4.79 Å². The van der Waals surface area contributed by atoms with Gasteiger partial charge in [-0.25, -0.2) is 0 Å². The highest BCUT2D eigenvalue weighted by Gasteiger charge is 2.22. The maximum absolute atomic E-state index is 11.0. The zero-order chi connectivity index (χ0) is 7.56. The average Bonchev–Trinajstić information content (AvgIpc) is 1.85. The summed E-state index contributed by atoms with van der Waals surface area (Å²) in [6.45, 7) is 4.36. The van der Waals surface area contributed by atoms with Crippen molar-refractivity contribution >= 4 is 5.78 Å². The van der Waals surface area contributed by atoms with Crippen molar-refractivity contribution in [2.75, 3.05) is 0 Å². The third kappa shape index (κ3) is 1.83. The van der Waals surface area contributed by atoms with Crippen molar-refractivity contribution in [3.05, 3.63) is 0 Å². The lowest BCUT2D eigenvalue weighted by molar-refractivity contribution is -0.122. The molecule has 0 saturated heterocycles. The van der Waals surface area contributed by atoms with E-state index in [2.05, 4.69) is 13.8 Å². The zero-order valence-corrected chi connectivity index (χ0v) is 6.89. The van der Waals surface area contributed by atoms with Crippen molar-refractivity contribution in [1.82, 2.24) is 0 Å². The van der Waals surface area contributed by atoms with Crippen LogP contribution in [0, 0.1) is 11.8 Å². The number of carbonyl (C=O) groups excluding carboxylic acids is 1. The minimum absolute atomic E-state index is 0.477. The average molecular weight is 140 g/mol. The van der Waals surface area contributed by atoms with E-state index in [1.807, 2.05) is 0 Å².